The Bertz CT molecular complexity index is 780. The summed E-state index contributed by atoms with van der Waals surface area (Å²) < 4.78 is 15.8. The van der Waals surface area contributed by atoms with Crippen molar-refractivity contribution in [3.63, 3.8) is 0 Å². The second kappa shape index (κ2) is 7.74. The van der Waals surface area contributed by atoms with Gasteiger partial charge in [0.2, 0.25) is 0 Å². The number of ether oxygens (including phenoxy) is 2. The molecule has 2 aromatic rings. The second-order valence-electron chi connectivity index (χ2n) is 5.59. The lowest BCUT2D eigenvalue weighted by molar-refractivity contribution is -0.136. The summed E-state index contributed by atoms with van der Waals surface area (Å²) in [5, 5.41) is 11.8. The van der Waals surface area contributed by atoms with Gasteiger partial charge in [0.15, 0.2) is 0 Å². The van der Waals surface area contributed by atoms with Gasteiger partial charge in [-0.25, -0.2) is 0 Å². The Labute approximate surface area is 145 Å². The van der Waals surface area contributed by atoms with E-state index >= 15 is 0 Å². The van der Waals surface area contributed by atoms with Crippen LogP contribution in [0, 0.1) is 6.92 Å². The number of furan rings is 1. The lowest BCUT2D eigenvalue weighted by Gasteiger charge is -2.18. The summed E-state index contributed by atoms with van der Waals surface area (Å²) in [5.41, 5.74) is 1.57. The van der Waals surface area contributed by atoms with Gasteiger partial charge in [-0.3, -0.25) is 9.59 Å². The molecule has 0 fully saturated rings. The molecular formula is C18H21NO6. The van der Waals surface area contributed by atoms with Crippen LogP contribution in [0.2, 0.25) is 0 Å². The number of aryl methyl sites for hydroxylation is 1. The van der Waals surface area contributed by atoms with Crippen LogP contribution in [0.4, 0.5) is 0 Å². The number of amides is 1. The highest BCUT2D eigenvalue weighted by Crippen LogP contribution is 2.29. The summed E-state index contributed by atoms with van der Waals surface area (Å²) in [6.07, 6.45) is 1.03. The molecule has 1 atom stereocenters. The Hall–Kier alpha value is -2.96. The molecule has 2 rings (SSSR count). The van der Waals surface area contributed by atoms with E-state index in [1.165, 1.54) is 6.26 Å². The first-order valence-corrected chi connectivity index (χ1v) is 7.68. The van der Waals surface area contributed by atoms with E-state index in [0.717, 1.165) is 5.56 Å². The van der Waals surface area contributed by atoms with E-state index < -0.39 is 11.9 Å². The van der Waals surface area contributed by atoms with E-state index in [2.05, 4.69) is 5.32 Å². The molecule has 0 radical (unpaired) electrons. The molecule has 7 heteroatoms. The standard InChI is InChI=1S/C18H21NO6/c1-10-9-25-15(8-16(20)21)17(10)18(22)19-11(2)13-7-12(23-3)5-6-14(13)24-4/h5-7,9,11H,8H2,1-4H3,(H,19,22)(H,20,21). The van der Waals surface area contributed by atoms with Crippen molar-refractivity contribution in [1.29, 1.82) is 0 Å². The summed E-state index contributed by atoms with van der Waals surface area (Å²) in [7, 11) is 3.10. The van der Waals surface area contributed by atoms with Gasteiger partial charge in [-0.05, 0) is 32.0 Å². The van der Waals surface area contributed by atoms with E-state index in [-0.39, 0.29) is 23.8 Å². The molecule has 0 saturated carbocycles. The van der Waals surface area contributed by atoms with Gasteiger partial charge in [0.25, 0.3) is 5.91 Å². The first-order chi connectivity index (χ1) is 11.9. The van der Waals surface area contributed by atoms with Gasteiger partial charge in [0, 0.05) is 11.1 Å². The summed E-state index contributed by atoms with van der Waals surface area (Å²) in [4.78, 5) is 23.6. The fourth-order valence-corrected chi connectivity index (χ4v) is 2.59. The average Bonchev–Trinajstić information content (AvgIpc) is 2.93. The van der Waals surface area contributed by atoms with Gasteiger partial charge in [0.05, 0.1) is 32.1 Å². The minimum absolute atomic E-state index is 0.132. The molecule has 134 valence electrons. The molecule has 0 aliphatic heterocycles. The summed E-state index contributed by atoms with van der Waals surface area (Å²) >= 11 is 0. The first-order valence-electron chi connectivity index (χ1n) is 7.68. The number of carboxylic acids is 1. The van der Waals surface area contributed by atoms with E-state index in [9.17, 15) is 9.59 Å². The molecule has 1 heterocycles. The zero-order valence-corrected chi connectivity index (χ0v) is 14.6. The van der Waals surface area contributed by atoms with Crippen molar-refractivity contribution in [3.8, 4) is 11.5 Å². The molecule has 7 nitrogen and oxygen atoms in total. The SMILES string of the molecule is COc1ccc(OC)c(C(C)NC(=O)c2c(C)coc2CC(=O)O)c1. The third-order valence-electron chi connectivity index (χ3n) is 3.84. The Morgan fingerprint density at radius 1 is 1.28 bits per heavy atom. The highest BCUT2D eigenvalue weighted by molar-refractivity contribution is 5.97. The zero-order chi connectivity index (χ0) is 18.6. The van der Waals surface area contributed by atoms with Crippen LogP contribution in [0.1, 0.15) is 40.2 Å². The number of carboxylic acid groups (broad SMARTS) is 1. The van der Waals surface area contributed by atoms with Gasteiger partial charge in [-0.2, -0.15) is 0 Å². The fraction of sp³-hybridized carbons (Fsp3) is 0.333. The quantitative estimate of drug-likeness (QED) is 0.799. The molecule has 2 N–H and O–H groups in total. The predicted molar refractivity (Wildman–Crippen MR) is 90.2 cm³/mol. The smallest absolute Gasteiger partial charge is 0.311 e. The molecule has 1 unspecified atom stereocenters. The lowest BCUT2D eigenvalue weighted by Crippen LogP contribution is -2.28. The van der Waals surface area contributed by atoms with Crippen molar-refractivity contribution in [3.05, 3.63) is 46.9 Å². The summed E-state index contributed by atoms with van der Waals surface area (Å²) in [6.45, 7) is 3.50. The molecule has 1 amide bonds. The maximum atomic E-state index is 12.6. The number of methoxy groups -OCH3 is 2. The number of hydrogen-bond acceptors (Lipinski definition) is 5. The maximum Gasteiger partial charge on any atom is 0.311 e. The Balaban J connectivity index is 2.27. The highest BCUT2D eigenvalue weighted by atomic mass is 16.5. The summed E-state index contributed by atoms with van der Waals surface area (Å²) in [5.74, 6) is -0.0793. The monoisotopic (exact) mass is 347 g/mol. The van der Waals surface area contributed by atoms with Crippen molar-refractivity contribution >= 4 is 11.9 Å². The van der Waals surface area contributed by atoms with Gasteiger partial charge in [0.1, 0.15) is 23.7 Å². The number of benzene rings is 1. The number of carbonyl (C=O) groups is 2. The minimum Gasteiger partial charge on any atom is -0.497 e. The molecule has 0 aliphatic rings. The van der Waals surface area contributed by atoms with Crippen molar-refractivity contribution in [2.45, 2.75) is 26.3 Å². The van der Waals surface area contributed by atoms with Crippen molar-refractivity contribution < 1.29 is 28.6 Å². The Morgan fingerprint density at radius 2 is 2.00 bits per heavy atom. The molecule has 0 aliphatic carbocycles. The van der Waals surface area contributed by atoms with E-state index in [1.807, 2.05) is 6.92 Å². The second-order valence-corrected chi connectivity index (χ2v) is 5.59. The Kier molecular flexibility index (Phi) is 5.69. The van der Waals surface area contributed by atoms with E-state index in [4.69, 9.17) is 19.0 Å². The van der Waals surface area contributed by atoms with Gasteiger partial charge in [-0.1, -0.05) is 0 Å². The summed E-state index contributed by atoms with van der Waals surface area (Å²) in [6, 6.07) is 4.92. The molecule has 1 aromatic heterocycles. The molecule has 1 aromatic carbocycles. The van der Waals surface area contributed by atoms with Crippen LogP contribution < -0.4 is 14.8 Å². The number of carbonyl (C=O) groups excluding carboxylic acids is 1. The van der Waals surface area contributed by atoms with Crippen LogP contribution >= 0.6 is 0 Å². The Morgan fingerprint density at radius 3 is 2.60 bits per heavy atom. The highest BCUT2D eigenvalue weighted by Gasteiger charge is 2.23. The maximum absolute atomic E-state index is 12.6. The minimum atomic E-state index is -1.06. The van der Waals surface area contributed by atoms with Crippen LogP contribution in [0.5, 0.6) is 11.5 Å². The topological polar surface area (TPSA) is 98.0 Å². The van der Waals surface area contributed by atoms with Crippen LogP contribution in [0.25, 0.3) is 0 Å². The predicted octanol–water partition coefficient (Wildman–Crippen LogP) is 2.72. The fourth-order valence-electron chi connectivity index (χ4n) is 2.59. The number of rotatable bonds is 7. The third kappa shape index (κ3) is 4.12. The molecule has 0 bridgehead atoms. The zero-order valence-electron chi connectivity index (χ0n) is 14.6. The number of hydrogen-bond donors (Lipinski definition) is 2. The number of nitrogens with one attached hydrogen (secondary N) is 1. The largest absolute Gasteiger partial charge is 0.497 e. The average molecular weight is 347 g/mol. The van der Waals surface area contributed by atoms with E-state index in [1.54, 1.807) is 39.3 Å². The van der Waals surface area contributed by atoms with E-state index in [0.29, 0.717) is 17.1 Å². The first kappa shape index (κ1) is 18.4. The third-order valence-corrected chi connectivity index (χ3v) is 3.84. The molecule has 0 spiro atoms. The van der Waals surface area contributed by atoms with Crippen LogP contribution in [0.15, 0.2) is 28.9 Å². The molecule has 25 heavy (non-hydrogen) atoms. The van der Waals surface area contributed by atoms with Gasteiger partial charge >= 0.3 is 5.97 Å². The number of aliphatic carboxylic acids is 1. The van der Waals surface area contributed by atoms with Crippen molar-refractivity contribution in [2.75, 3.05) is 14.2 Å². The van der Waals surface area contributed by atoms with Gasteiger partial charge < -0.3 is 24.3 Å². The van der Waals surface area contributed by atoms with Gasteiger partial charge in [-0.15, -0.1) is 0 Å². The van der Waals surface area contributed by atoms with Crippen LogP contribution in [-0.4, -0.2) is 31.2 Å². The van der Waals surface area contributed by atoms with Crippen molar-refractivity contribution in [1.82, 2.24) is 5.32 Å². The lowest BCUT2D eigenvalue weighted by atomic mass is 10.0. The normalized spacial score (nSPS) is 11.7. The molecular weight excluding hydrogens is 326 g/mol. The van der Waals surface area contributed by atoms with Crippen LogP contribution in [-0.2, 0) is 11.2 Å². The molecule has 0 saturated heterocycles. The van der Waals surface area contributed by atoms with Crippen molar-refractivity contribution in [2.24, 2.45) is 0 Å². The van der Waals surface area contributed by atoms with Crippen LogP contribution in [0.3, 0.4) is 0 Å².